The summed E-state index contributed by atoms with van der Waals surface area (Å²) >= 11 is 0. The Balaban J connectivity index is -0.0000000213. The minimum atomic E-state index is -5.17. The predicted molar refractivity (Wildman–Crippen MR) is 80.1 cm³/mol. The largest absolute Gasteiger partial charge is 3.00 e. The van der Waals surface area contributed by atoms with E-state index in [2.05, 4.69) is 0 Å². The quantitative estimate of drug-likeness (QED) is 0.125. The fourth-order valence-electron chi connectivity index (χ4n) is 0. The van der Waals surface area contributed by atoms with Gasteiger partial charge in [0, 0.05) is 62.4 Å². The molecule has 0 aliphatic carbocycles. The molecule has 0 N–H and O–H groups in total. The summed E-state index contributed by atoms with van der Waals surface area (Å²) < 4.78 is 205. The fourth-order valence-corrected chi connectivity index (χ4v) is 0. The molecule has 0 aliphatic heterocycles. The van der Waals surface area contributed by atoms with Crippen LogP contribution in [0.2, 0.25) is 0 Å². The van der Waals surface area contributed by atoms with Gasteiger partial charge in [-0.05, 0) is 0 Å². The first kappa shape index (κ1) is 71.0. The van der Waals surface area contributed by atoms with E-state index in [1.165, 1.54) is 0 Å². The first-order chi connectivity index (χ1) is 12.0. The molecule has 201 valence electrons. The van der Waals surface area contributed by atoms with Crippen molar-refractivity contribution in [2.24, 2.45) is 0 Å². The third-order valence-electron chi connectivity index (χ3n) is 0. The number of hydrogen-bond donors (Lipinski definition) is 0. The van der Waals surface area contributed by atoms with Gasteiger partial charge in [-0.15, -0.1) is 0 Å². The summed E-state index contributed by atoms with van der Waals surface area (Å²) in [7, 11) is -31.0. The van der Waals surface area contributed by atoms with Crippen LogP contribution in [0.25, 0.3) is 0 Å². The Morgan fingerprint density at radius 1 is 0.286 bits per heavy atom. The molecule has 0 spiro atoms. The van der Waals surface area contributed by atoms with Gasteiger partial charge in [-0.25, -0.2) is 0 Å². The van der Waals surface area contributed by atoms with Crippen molar-refractivity contribution in [3.05, 3.63) is 0 Å². The van der Waals surface area contributed by atoms with Crippen LogP contribution in [0.15, 0.2) is 0 Å². The van der Waals surface area contributed by atoms with Crippen LogP contribution in [-0.4, -0.2) is 163 Å². The summed E-state index contributed by atoms with van der Waals surface area (Å²) in [5, 5.41) is 0. The average molecular weight is 784 g/mol. The Hall–Kier alpha value is 2.19. The smallest absolute Gasteiger partial charge is 0.759 e. The first-order valence-electron chi connectivity index (χ1n) is 4.00. The van der Waals surface area contributed by atoms with Crippen molar-refractivity contribution in [1.29, 1.82) is 0 Å². The summed E-state index contributed by atoms with van der Waals surface area (Å²) in [4.78, 5) is 0. The van der Waals surface area contributed by atoms with E-state index in [1.807, 2.05) is 0 Å². The van der Waals surface area contributed by atoms with Gasteiger partial charge in [0.25, 0.3) is 0 Å². The maximum Gasteiger partial charge on any atom is 3.00 e. The number of rotatable bonds is 0. The molecule has 0 aliphatic rings. The molecule has 0 atom stereocenters. The minimum absolute atomic E-state index is 0. The van der Waals surface area contributed by atoms with Gasteiger partial charge in [0.15, 0.2) is 0 Å². The molecule has 0 saturated carbocycles. The standard InChI is InChI=1S/2Al.Cu.Mg.6H2O4S.Zn/c;;;;6*1-5(2,3)4;/h;;;;6*(H2,1,2,3,4);/q2*+3;2*+2;;;;;;;+2/p-12. The van der Waals surface area contributed by atoms with Gasteiger partial charge >= 0.3 is 94.3 Å². The molecular formula is Al2CuMgO24S6Zn. The van der Waals surface area contributed by atoms with Gasteiger partial charge in [0.2, 0.25) is 0 Å². The van der Waals surface area contributed by atoms with Crippen molar-refractivity contribution in [1.82, 2.24) is 0 Å². The van der Waals surface area contributed by atoms with E-state index >= 15 is 0 Å². The van der Waals surface area contributed by atoms with Crippen LogP contribution in [-0.2, 0) is 98.9 Å². The van der Waals surface area contributed by atoms with Crippen LogP contribution in [0.1, 0.15) is 0 Å². The Bertz CT molecular complexity index is 784. The Morgan fingerprint density at radius 3 is 0.286 bits per heavy atom. The molecule has 24 nitrogen and oxygen atoms in total. The van der Waals surface area contributed by atoms with E-state index < -0.39 is 62.4 Å². The van der Waals surface area contributed by atoms with Crippen LogP contribution >= 0.6 is 0 Å². The maximum absolute atomic E-state index is 8.52. The zero-order chi connectivity index (χ0) is 27.0. The van der Waals surface area contributed by atoms with Gasteiger partial charge in [-0.3, -0.25) is 50.5 Å². The van der Waals surface area contributed by atoms with E-state index in [-0.39, 0.29) is 94.3 Å². The van der Waals surface area contributed by atoms with Crippen LogP contribution < -0.4 is 0 Å². The second kappa shape index (κ2) is 30.7. The second-order valence-corrected chi connectivity index (χ2v) is 7.35. The van der Waals surface area contributed by atoms with E-state index in [0.717, 1.165) is 0 Å². The van der Waals surface area contributed by atoms with E-state index in [4.69, 9.17) is 105 Å². The molecule has 0 bridgehead atoms. The maximum atomic E-state index is 8.52. The van der Waals surface area contributed by atoms with E-state index in [1.54, 1.807) is 0 Å². The zero-order valence-corrected chi connectivity index (χ0v) is 27.6. The SMILES string of the molecule is O=S(=O)([O-])[O-].O=S(=O)([O-])[O-].O=S(=O)([O-])[O-].O=S(=O)([O-])[O-].O=S(=O)([O-])[O-].O=S(=O)([O-])[O-].[Al+3].[Al+3].[Cu+2].[Mg+2].[Zn+2]. The van der Waals surface area contributed by atoms with Gasteiger partial charge < -0.3 is 54.6 Å². The van der Waals surface area contributed by atoms with Crippen LogP contribution in [0.4, 0.5) is 0 Å². The van der Waals surface area contributed by atoms with Gasteiger partial charge in [0.05, 0.1) is 0 Å². The third kappa shape index (κ3) is 8790. The molecular weight excluding hydrogens is 784 g/mol. The van der Waals surface area contributed by atoms with Gasteiger partial charge in [0.1, 0.15) is 0 Å². The second-order valence-electron chi connectivity index (χ2n) is 2.45. The summed E-state index contributed by atoms with van der Waals surface area (Å²) in [5.74, 6) is 0. The van der Waals surface area contributed by atoms with E-state index in [9.17, 15) is 0 Å². The molecule has 0 fully saturated rings. The average Bonchev–Trinajstić information content (AvgIpc) is 1.94. The van der Waals surface area contributed by atoms with Crippen LogP contribution in [0, 0.1) is 0 Å². The van der Waals surface area contributed by atoms with Crippen molar-refractivity contribution in [2.45, 2.75) is 0 Å². The van der Waals surface area contributed by atoms with Crippen molar-refractivity contribution in [3.63, 3.8) is 0 Å². The zero-order valence-electron chi connectivity index (χ0n) is 15.1. The van der Waals surface area contributed by atoms with Gasteiger partial charge in [-0.1, -0.05) is 0 Å². The van der Waals surface area contributed by atoms with Crippen LogP contribution in [0.3, 0.4) is 0 Å². The summed E-state index contributed by atoms with van der Waals surface area (Å²) in [5.41, 5.74) is 0. The molecule has 0 heterocycles. The van der Waals surface area contributed by atoms with Crippen molar-refractivity contribution >= 4 is 120 Å². The Kier molecular flexibility index (Phi) is 62.4. The van der Waals surface area contributed by atoms with Crippen molar-refractivity contribution in [2.75, 3.05) is 0 Å². The molecule has 0 aromatic carbocycles. The molecule has 0 amide bonds. The molecule has 0 aromatic rings. The number of hydrogen-bond acceptors (Lipinski definition) is 24. The monoisotopic (exact) mass is 781 g/mol. The fraction of sp³-hybridized carbons (Fsp3) is 0. The van der Waals surface area contributed by atoms with Gasteiger partial charge in [-0.2, -0.15) is 0 Å². The molecule has 0 unspecified atom stereocenters. The van der Waals surface area contributed by atoms with Crippen molar-refractivity contribution in [3.8, 4) is 0 Å². The third-order valence-corrected chi connectivity index (χ3v) is 0. The molecule has 0 saturated heterocycles. The summed E-state index contributed by atoms with van der Waals surface area (Å²) in [6.07, 6.45) is 0. The molecule has 0 rings (SSSR count). The first-order valence-corrected chi connectivity index (χ1v) is 12.0. The van der Waals surface area contributed by atoms with Crippen molar-refractivity contribution < 1.29 is 142 Å². The van der Waals surface area contributed by atoms with Crippen LogP contribution in [0.5, 0.6) is 0 Å². The predicted octanol–water partition coefficient (Wildman–Crippen LogP) is -9.18. The summed E-state index contributed by atoms with van der Waals surface area (Å²) in [6, 6.07) is 0. The molecule has 1 radical (unpaired) electrons. The topological polar surface area (TPSA) is 482 Å². The minimum Gasteiger partial charge on any atom is -0.759 e. The molecule has 35 heteroatoms. The molecule has 0 aromatic heterocycles. The van der Waals surface area contributed by atoms with E-state index in [0.29, 0.717) is 0 Å². The summed E-state index contributed by atoms with van der Waals surface area (Å²) in [6.45, 7) is 0. The normalized spacial score (nSPS) is 9.94. The molecule has 35 heavy (non-hydrogen) atoms. The Morgan fingerprint density at radius 2 is 0.286 bits per heavy atom. The Labute approximate surface area is 259 Å².